The van der Waals surface area contributed by atoms with Gasteiger partial charge in [-0.1, -0.05) is 13.8 Å². The third-order valence-corrected chi connectivity index (χ3v) is 2.13. The number of rotatable bonds is 0. The standard InChI is InChI=1S/C8H12F2/c1-5-3-4-6(2)8(10)7(5)9/h5-6H,3-4H2,1-2H3. The van der Waals surface area contributed by atoms with Crippen LogP contribution in [0.1, 0.15) is 26.7 Å². The molecule has 0 aromatic heterocycles. The molecular weight excluding hydrogens is 134 g/mol. The minimum atomic E-state index is -0.529. The molecule has 0 aliphatic heterocycles. The maximum atomic E-state index is 12.7. The van der Waals surface area contributed by atoms with Crippen molar-refractivity contribution in [2.45, 2.75) is 26.7 Å². The molecular formula is C8H12F2. The number of hydrogen-bond donors (Lipinski definition) is 0. The first kappa shape index (κ1) is 7.70. The van der Waals surface area contributed by atoms with Crippen molar-refractivity contribution in [1.29, 1.82) is 0 Å². The Morgan fingerprint density at radius 3 is 1.60 bits per heavy atom. The molecule has 58 valence electrons. The summed E-state index contributed by atoms with van der Waals surface area (Å²) in [6, 6.07) is 0. The monoisotopic (exact) mass is 146 g/mol. The zero-order chi connectivity index (χ0) is 7.72. The van der Waals surface area contributed by atoms with Gasteiger partial charge in [0.15, 0.2) is 0 Å². The smallest absolute Gasteiger partial charge is 0.134 e. The summed E-state index contributed by atoms with van der Waals surface area (Å²) in [4.78, 5) is 0. The summed E-state index contributed by atoms with van der Waals surface area (Å²) in [6.07, 6.45) is 1.56. The van der Waals surface area contributed by atoms with Crippen molar-refractivity contribution < 1.29 is 8.78 Å². The molecule has 0 bridgehead atoms. The Morgan fingerprint density at radius 2 is 1.30 bits per heavy atom. The average molecular weight is 146 g/mol. The van der Waals surface area contributed by atoms with Crippen LogP contribution >= 0.6 is 0 Å². The molecule has 0 heterocycles. The van der Waals surface area contributed by atoms with E-state index in [9.17, 15) is 8.78 Å². The van der Waals surface area contributed by atoms with Crippen molar-refractivity contribution >= 4 is 0 Å². The molecule has 1 rings (SSSR count). The molecule has 0 amide bonds. The zero-order valence-corrected chi connectivity index (χ0v) is 6.32. The largest absolute Gasteiger partial charge is 0.209 e. The predicted molar refractivity (Wildman–Crippen MR) is 36.8 cm³/mol. The molecule has 0 aromatic carbocycles. The fourth-order valence-electron chi connectivity index (χ4n) is 1.22. The zero-order valence-electron chi connectivity index (χ0n) is 6.32. The summed E-state index contributed by atoms with van der Waals surface area (Å²) in [7, 11) is 0. The van der Waals surface area contributed by atoms with E-state index in [0.717, 1.165) is 12.8 Å². The van der Waals surface area contributed by atoms with Gasteiger partial charge in [0.2, 0.25) is 0 Å². The van der Waals surface area contributed by atoms with Crippen LogP contribution in [0.3, 0.4) is 0 Å². The van der Waals surface area contributed by atoms with Gasteiger partial charge < -0.3 is 0 Å². The van der Waals surface area contributed by atoms with Crippen molar-refractivity contribution in [2.24, 2.45) is 11.8 Å². The van der Waals surface area contributed by atoms with Crippen LogP contribution in [0.15, 0.2) is 11.7 Å². The van der Waals surface area contributed by atoms with Gasteiger partial charge >= 0.3 is 0 Å². The van der Waals surface area contributed by atoms with E-state index in [1.807, 2.05) is 0 Å². The molecule has 0 fully saturated rings. The lowest BCUT2D eigenvalue weighted by atomic mass is 9.89. The van der Waals surface area contributed by atoms with Gasteiger partial charge in [0.25, 0.3) is 0 Å². The molecule has 0 saturated carbocycles. The van der Waals surface area contributed by atoms with Gasteiger partial charge in [-0.25, -0.2) is 8.78 Å². The lowest BCUT2D eigenvalue weighted by molar-refractivity contribution is 0.318. The normalized spacial score (nSPS) is 34.8. The van der Waals surface area contributed by atoms with E-state index in [1.165, 1.54) is 0 Å². The molecule has 10 heavy (non-hydrogen) atoms. The third-order valence-electron chi connectivity index (χ3n) is 2.13. The van der Waals surface area contributed by atoms with E-state index in [2.05, 4.69) is 0 Å². The summed E-state index contributed by atoms with van der Waals surface area (Å²) < 4.78 is 25.5. The lowest BCUT2D eigenvalue weighted by Gasteiger charge is -2.20. The molecule has 1 aliphatic carbocycles. The summed E-state index contributed by atoms with van der Waals surface area (Å²) in [6.45, 7) is 3.45. The third kappa shape index (κ3) is 1.20. The van der Waals surface area contributed by atoms with E-state index in [1.54, 1.807) is 13.8 Å². The maximum Gasteiger partial charge on any atom is 0.134 e. The fraction of sp³-hybridized carbons (Fsp3) is 0.750. The van der Waals surface area contributed by atoms with Crippen LogP contribution in [0.4, 0.5) is 8.78 Å². The molecule has 0 nitrogen and oxygen atoms in total. The first-order valence-electron chi connectivity index (χ1n) is 3.68. The van der Waals surface area contributed by atoms with Gasteiger partial charge in [-0.3, -0.25) is 0 Å². The number of hydrogen-bond acceptors (Lipinski definition) is 0. The Kier molecular flexibility index (Phi) is 2.07. The summed E-state index contributed by atoms with van der Waals surface area (Å²) in [5.74, 6) is -1.45. The summed E-state index contributed by atoms with van der Waals surface area (Å²) in [5.41, 5.74) is 0. The Balaban J connectivity index is 2.81. The van der Waals surface area contributed by atoms with Gasteiger partial charge in [0.05, 0.1) is 0 Å². The molecule has 1 aliphatic rings. The molecule has 0 saturated heterocycles. The van der Waals surface area contributed by atoms with Crippen LogP contribution < -0.4 is 0 Å². The molecule has 2 atom stereocenters. The van der Waals surface area contributed by atoms with Gasteiger partial charge in [0.1, 0.15) is 11.7 Å². The highest BCUT2D eigenvalue weighted by Crippen LogP contribution is 2.34. The topological polar surface area (TPSA) is 0 Å². The van der Waals surface area contributed by atoms with Crippen LogP contribution in [0, 0.1) is 11.8 Å². The van der Waals surface area contributed by atoms with Crippen LogP contribution in [0.25, 0.3) is 0 Å². The highest BCUT2D eigenvalue weighted by molar-refractivity contribution is 5.09. The molecule has 2 unspecified atom stereocenters. The van der Waals surface area contributed by atoms with Crippen LogP contribution in [-0.4, -0.2) is 0 Å². The van der Waals surface area contributed by atoms with E-state index < -0.39 is 11.7 Å². The lowest BCUT2D eigenvalue weighted by Crippen LogP contribution is -2.11. The number of halogens is 2. The molecule has 0 radical (unpaired) electrons. The van der Waals surface area contributed by atoms with Crippen molar-refractivity contribution in [3.8, 4) is 0 Å². The summed E-state index contributed by atoms with van der Waals surface area (Å²) in [5, 5.41) is 0. The van der Waals surface area contributed by atoms with E-state index >= 15 is 0 Å². The predicted octanol–water partition coefficient (Wildman–Crippen LogP) is 3.20. The van der Waals surface area contributed by atoms with Crippen molar-refractivity contribution in [3.05, 3.63) is 11.7 Å². The Hall–Kier alpha value is -0.400. The second-order valence-electron chi connectivity index (χ2n) is 3.08. The highest BCUT2D eigenvalue weighted by Gasteiger charge is 2.24. The minimum Gasteiger partial charge on any atom is -0.209 e. The quantitative estimate of drug-likeness (QED) is 0.492. The molecule has 0 N–H and O–H groups in total. The van der Waals surface area contributed by atoms with Gasteiger partial charge in [-0.05, 0) is 12.8 Å². The van der Waals surface area contributed by atoms with Gasteiger partial charge in [-0.2, -0.15) is 0 Å². The van der Waals surface area contributed by atoms with Crippen molar-refractivity contribution in [3.63, 3.8) is 0 Å². The SMILES string of the molecule is CC1CCC(C)C(F)=C1F. The van der Waals surface area contributed by atoms with Crippen LogP contribution in [0.2, 0.25) is 0 Å². The fourth-order valence-corrected chi connectivity index (χ4v) is 1.22. The van der Waals surface area contributed by atoms with Crippen molar-refractivity contribution in [1.82, 2.24) is 0 Å². The highest BCUT2D eigenvalue weighted by atomic mass is 19.2. The second kappa shape index (κ2) is 2.69. The van der Waals surface area contributed by atoms with E-state index in [0.29, 0.717) is 0 Å². The van der Waals surface area contributed by atoms with E-state index in [-0.39, 0.29) is 11.8 Å². The Labute approximate surface area is 59.9 Å². The molecule has 2 heteroatoms. The molecule has 0 aromatic rings. The van der Waals surface area contributed by atoms with Gasteiger partial charge in [-0.15, -0.1) is 0 Å². The maximum absolute atomic E-state index is 12.7. The average Bonchev–Trinajstić information content (AvgIpc) is 1.93. The Morgan fingerprint density at radius 1 is 1.00 bits per heavy atom. The van der Waals surface area contributed by atoms with E-state index in [4.69, 9.17) is 0 Å². The minimum absolute atomic E-state index is 0.198. The first-order valence-corrected chi connectivity index (χ1v) is 3.68. The van der Waals surface area contributed by atoms with Crippen molar-refractivity contribution in [2.75, 3.05) is 0 Å². The first-order chi connectivity index (χ1) is 4.63. The van der Waals surface area contributed by atoms with Crippen LogP contribution in [0.5, 0.6) is 0 Å². The van der Waals surface area contributed by atoms with Gasteiger partial charge in [0, 0.05) is 11.8 Å². The van der Waals surface area contributed by atoms with Crippen LogP contribution in [-0.2, 0) is 0 Å². The number of allylic oxidation sites excluding steroid dienone is 2. The molecule has 0 spiro atoms. The summed E-state index contributed by atoms with van der Waals surface area (Å²) >= 11 is 0. The second-order valence-corrected chi connectivity index (χ2v) is 3.08. The Bertz CT molecular complexity index is 143.